The van der Waals surface area contributed by atoms with Crippen LogP contribution in [0.3, 0.4) is 0 Å². The van der Waals surface area contributed by atoms with Crippen LogP contribution >= 0.6 is 59.1 Å². The molecule has 96 valence electrons. The number of rotatable bonds is 6. The number of alkyl halides is 1. The Kier molecular flexibility index (Phi) is 7.30. The number of thiophene rings is 1. The van der Waals surface area contributed by atoms with Crippen LogP contribution in [0.5, 0.6) is 0 Å². The van der Waals surface area contributed by atoms with E-state index in [2.05, 4.69) is 54.7 Å². The average Bonchev–Trinajstić information content (AvgIpc) is 2.64. The van der Waals surface area contributed by atoms with Gasteiger partial charge in [-0.25, -0.2) is 0 Å². The van der Waals surface area contributed by atoms with Gasteiger partial charge in [-0.3, -0.25) is 4.79 Å². The number of nitrogens with zero attached hydrogens (tertiary/aromatic N) is 1. The Bertz CT molecular complexity index is 361. The molecule has 0 saturated carbocycles. The Morgan fingerprint density at radius 3 is 2.59 bits per heavy atom. The lowest BCUT2D eigenvalue weighted by molar-refractivity contribution is 0.0769. The Balaban J connectivity index is 2.76. The van der Waals surface area contributed by atoms with Crippen molar-refractivity contribution in [2.45, 2.75) is 19.8 Å². The molecule has 1 rings (SSSR count). The molecule has 1 amide bonds. The van der Waals surface area contributed by atoms with E-state index < -0.39 is 0 Å². The molecular formula is C11H14Br3NOS. The summed E-state index contributed by atoms with van der Waals surface area (Å²) >= 11 is 11.7. The maximum absolute atomic E-state index is 12.3. The molecule has 0 unspecified atom stereocenters. The summed E-state index contributed by atoms with van der Waals surface area (Å²) in [7, 11) is 0. The smallest absolute Gasteiger partial charge is 0.264 e. The fraction of sp³-hybridized carbons (Fsp3) is 0.545. The second kappa shape index (κ2) is 7.92. The zero-order valence-electron chi connectivity index (χ0n) is 9.51. The van der Waals surface area contributed by atoms with Gasteiger partial charge in [0.1, 0.15) is 0 Å². The van der Waals surface area contributed by atoms with E-state index in [1.54, 1.807) is 0 Å². The second-order valence-corrected chi connectivity index (χ2v) is 7.58. The minimum absolute atomic E-state index is 0.120. The van der Waals surface area contributed by atoms with Crippen molar-refractivity contribution in [3.63, 3.8) is 0 Å². The summed E-state index contributed by atoms with van der Waals surface area (Å²) in [6.07, 6.45) is 2.15. The van der Waals surface area contributed by atoms with Crippen molar-refractivity contribution in [3.05, 3.63) is 19.2 Å². The SMILES string of the molecule is CCCCN(CCBr)C(=O)c1cc(Br)c(Br)s1. The van der Waals surface area contributed by atoms with Gasteiger partial charge < -0.3 is 4.90 Å². The standard InChI is InChI=1S/C11H14Br3NOS/c1-2-3-5-15(6-4-12)11(16)9-7-8(13)10(14)17-9/h7H,2-6H2,1H3. The van der Waals surface area contributed by atoms with Gasteiger partial charge in [0.2, 0.25) is 0 Å². The zero-order valence-corrected chi connectivity index (χ0v) is 15.1. The minimum Gasteiger partial charge on any atom is -0.337 e. The van der Waals surface area contributed by atoms with E-state index in [1.807, 2.05) is 11.0 Å². The van der Waals surface area contributed by atoms with Crippen LogP contribution in [-0.2, 0) is 0 Å². The third kappa shape index (κ3) is 4.65. The Labute approximate surface area is 131 Å². The highest BCUT2D eigenvalue weighted by molar-refractivity contribution is 9.13. The van der Waals surface area contributed by atoms with E-state index in [-0.39, 0.29) is 5.91 Å². The van der Waals surface area contributed by atoms with Gasteiger partial charge in [-0.15, -0.1) is 11.3 Å². The summed E-state index contributed by atoms with van der Waals surface area (Å²) in [4.78, 5) is 15.0. The molecule has 0 N–H and O–H groups in total. The third-order valence-electron chi connectivity index (χ3n) is 2.28. The quantitative estimate of drug-likeness (QED) is 0.567. The van der Waals surface area contributed by atoms with Gasteiger partial charge in [0.15, 0.2) is 0 Å². The molecule has 17 heavy (non-hydrogen) atoms. The molecule has 2 nitrogen and oxygen atoms in total. The fourth-order valence-corrected chi connectivity index (χ4v) is 3.81. The zero-order chi connectivity index (χ0) is 12.8. The lowest BCUT2D eigenvalue weighted by Gasteiger charge is -2.20. The maximum Gasteiger partial charge on any atom is 0.264 e. The first-order valence-corrected chi connectivity index (χ1v) is 8.92. The summed E-state index contributed by atoms with van der Waals surface area (Å²) in [5.41, 5.74) is 0. The Morgan fingerprint density at radius 2 is 2.12 bits per heavy atom. The number of hydrogen-bond donors (Lipinski definition) is 0. The molecule has 0 aliphatic heterocycles. The van der Waals surface area contributed by atoms with Crippen LogP contribution in [0.4, 0.5) is 0 Å². The van der Waals surface area contributed by atoms with Crippen LogP contribution < -0.4 is 0 Å². The molecule has 0 spiro atoms. The van der Waals surface area contributed by atoms with E-state index >= 15 is 0 Å². The molecule has 0 bridgehead atoms. The molecule has 0 aromatic carbocycles. The first kappa shape index (κ1) is 15.7. The van der Waals surface area contributed by atoms with Crippen molar-refractivity contribution in [1.29, 1.82) is 0 Å². The Morgan fingerprint density at radius 1 is 1.41 bits per heavy atom. The van der Waals surface area contributed by atoms with E-state index in [9.17, 15) is 4.79 Å². The van der Waals surface area contributed by atoms with Gasteiger partial charge in [-0.1, -0.05) is 29.3 Å². The molecule has 0 radical (unpaired) electrons. The molecule has 0 saturated heterocycles. The predicted octanol–water partition coefficient (Wildman–Crippen LogP) is 4.91. The molecule has 0 aliphatic rings. The molecule has 0 aliphatic carbocycles. The van der Waals surface area contributed by atoms with Crippen LogP contribution in [0.25, 0.3) is 0 Å². The first-order chi connectivity index (χ1) is 8.10. The topological polar surface area (TPSA) is 20.3 Å². The summed E-state index contributed by atoms with van der Waals surface area (Å²) in [5.74, 6) is 0.120. The van der Waals surface area contributed by atoms with Crippen molar-refractivity contribution >= 4 is 65.0 Å². The van der Waals surface area contributed by atoms with Gasteiger partial charge in [-0.2, -0.15) is 0 Å². The lowest BCUT2D eigenvalue weighted by atomic mass is 10.3. The second-order valence-electron chi connectivity index (χ2n) is 3.57. The number of amides is 1. The fourth-order valence-electron chi connectivity index (χ4n) is 1.37. The number of hydrogen-bond acceptors (Lipinski definition) is 2. The minimum atomic E-state index is 0.120. The summed E-state index contributed by atoms with van der Waals surface area (Å²) in [6, 6.07) is 1.88. The van der Waals surface area contributed by atoms with Crippen molar-refractivity contribution in [2.24, 2.45) is 0 Å². The highest BCUT2D eigenvalue weighted by Gasteiger charge is 2.18. The van der Waals surface area contributed by atoms with Crippen molar-refractivity contribution in [1.82, 2.24) is 4.90 Å². The molecule has 6 heteroatoms. The summed E-state index contributed by atoms with van der Waals surface area (Å²) < 4.78 is 1.91. The summed E-state index contributed by atoms with van der Waals surface area (Å²) in [6.45, 7) is 3.72. The van der Waals surface area contributed by atoms with Crippen molar-refractivity contribution in [2.75, 3.05) is 18.4 Å². The molecule has 0 atom stereocenters. The van der Waals surface area contributed by atoms with Gasteiger partial charge in [-0.05, 0) is 44.3 Å². The monoisotopic (exact) mass is 445 g/mol. The Hall–Kier alpha value is 0.610. The largest absolute Gasteiger partial charge is 0.337 e. The maximum atomic E-state index is 12.3. The number of halogens is 3. The first-order valence-electron chi connectivity index (χ1n) is 5.40. The molecule has 1 aromatic heterocycles. The normalized spacial score (nSPS) is 10.6. The third-order valence-corrected chi connectivity index (χ3v) is 5.88. The molecule has 1 heterocycles. The molecular weight excluding hydrogens is 434 g/mol. The summed E-state index contributed by atoms with van der Waals surface area (Å²) in [5, 5.41) is 0.816. The van der Waals surface area contributed by atoms with E-state index in [4.69, 9.17) is 0 Å². The molecule has 1 aromatic rings. The average molecular weight is 448 g/mol. The molecule has 0 fully saturated rings. The number of carbonyl (C=O) groups is 1. The van der Waals surface area contributed by atoms with Crippen LogP contribution in [-0.4, -0.2) is 29.2 Å². The number of unbranched alkanes of at least 4 members (excludes halogenated alkanes) is 1. The van der Waals surface area contributed by atoms with Crippen LogP contribution in [0.2, 0.25) is 0 Å². The number of carbonyl (C=O) groups excluding carboxylic acids is 1. The van der Waals surface area contributed by atoms with Crippen LogP contribution in [0, 0.1) is 0 Å². The predicted molar refractivity (Wildman–Crippen MR) is 84.3 cm³/mol. The van der Waals surface area contributed by atoms with Crippen LogP contribution in [0.15, 0.2) is 14.3 Å². The lowest BCUT2D eigenvalue weighted by Crippen LogP contribution is -2.33. The van der Waals surface area contributed by atoms with E-state index in [0.29, 0.717) is 0 Å². The van der Waals surface area contributed by atoms with Gasteiger partial charge in [0.05, 0.1) is 8.66 Å². The van der Waals surface area contributed by atoms with Gasteiger partial charge in [0.25, 0.3) is 5.91 Å². The van der Waals surface area contributed by atoms with Gasteiger partial charge in [0, 0.05) is 22.9 Å². The van der Waals surface area contributed by atoms with Crippen molar-refractivity contribution in [3.8, 4) is 0 Å². The van der Waals surface area contributed by atoms with Crippen molar-refractivity contribution < 1.29 is 4.79 Å². The van der Waals surface area contributed by atoms with Gasteiger partial charge >= 0.3 is 0 Å². The van der Waals surface area contributed by atoms with E-state index in [0.717, 1.165) is 44.4 Å². The van der Waals surface area contributed by atoms with Crippen LogP contribution in [0.1, 0.15) is 29.4 Å². The van der Waals surface area contributed by atoms with E-state index in [1.165, 1.54) is 11.3 Å². The highest BCUT2D eigenvalue weighted by atomic mass is 79.9. The highest BCUT2D eigenvalue weighted by Crippen LogP contribution is 2.33.